The molecule has 2 rings (SSSR count). The number of carbonyl (C=O) groups excluding carboxylic acids is 2. The first-order valence-corrected chi connectivity index (χ1v) is 6.18. The van der Waals surface area contributed by atoms with E-state index in [0.717, 1.165) is 6.07 Å². The van der Waals surface area contributed by atoms with Crippen molar-refractivity contribution in [3.05, 3.63) is 65.2 Å². The van der Waals surface area contributed by atoms with Gasteiger partial charge in [-0.2, -0.15) is 0 Å². The third kappa shape index (κ3) is 3.62. The molecule has 0 radical (unpaired) electrons. The number of ether oxygens (including phenoxy) is 1. The van der Waals surface area contributed by atoms with E-state index in [1.54, 1.807) is 18.2 Å². The third-order valence-corrected chi connectivity index (χ3v) is 2.80. The second-order valence-corrected chi connectivity index (χ2v) is 4.20. The Hall–Kier alpha value is -2.76. The molecule has 1 aromatic heterocycles. The molecule has 0 spiro atoms. The maximum atomic E-state index is 13.7. The Kier molecular flexibility index (Phi) is 4.61. The minimum absolute atomic E-state index is 0.0495. The second kappa shape index (κ2) is 6.60. The lowest BCUT2D eigenvalue weighted by molar-refractivity contribution is 0.0600. The van der Waals surface area contributed by atoms with Crippen molar-refractivity contribution in [1.82, 2.24) is 10.3 Å². The van der Waals surface area contributed by atoms with Crippen molar-refractivity contribution in [3.63, 3.8) is 0 Å². The summed E-state index contributed by atoms with van der Waals surface area (Å²) in [6, 6.07) is 8.76. The van der Waals surface area contributed by atoms with Crippen molar-refractivity contribution in [2.75, 3.05) is 7.11 Å². The highest BCUT2D eigenvalue weighted by Gasteiger charge is 2.12. The van der Waals surface area contributed by atoms with Crippen LogP contribution in [0.1, 0.15) is 26.4 Å². The zero-order valence-corrected chi connectivity index (χ0v) is 11.3. The maximum Gasteiger partial charge on any atom is 0.337 e. The van der Waals surface area contributed by atoms with E-state index >= 15 is 0 Å². The first-order chi connectivity index (χ1) is 10.1. The number of methoxy groups -OCH3 is 1. The van der Waals surface area contributed by atoms with Crippen molar-refractivity contribution < 1.29 is 18.7 Å². The minimum atomic E-state index is -0.563. The number of aromatic nitrogens is 1. The summed E-state index contributed by atoms with van der Waals surface area (Å²) in [6.07, 6.45) is 1.49. The van der Waals surface area contributed by atoms with E-state index in [9.17, 15) is 14.0 Å². The standard InChI is InChI=1S/C15H13FN2O3/c1-21-15(20)10-5-6-12(16)11(8-10)9-18-14(19)13-4-2-3-7-17-13/h2-8H,9H2,1H3,(H,18,19). The lowest BCUT2D eigenvalue weighted by Gasteiger charge is -2.07. The van der Waals surface area contributed by atoms with E-state index in [1.165, 1.54) is 25.4 Å². The van der Waals surface area contributed by atoms with Crippen LogP contribution < -0.4 is 5.32 Å². The largest absolute Gasteiger partial charge is 0.465 e. The van der Waals surface area contributed by atoms with Gasteiger partial charge in [-0.05, 0) is 30.3 Å². The van der Waals surface area contributed by atoms with E-state index in [0.29, 0.717) is 0 Å². The molecule has 0 saturated carbocycles. The summed E-state index contributed by atoms with van der Waals surface area (Å²) in [5, 5.41) is 2.55. The number of pyridine rings is 1. The molecule has 108 valence electrons. The summed E-state index contributed by atoms with van der Waals surface area (Å²) in [7, 11) is 1.24. The van der Waals surface area contributed by atoms with Gasteiger partial charge < -0.3 is 10.1 Å². The smallest absolute Gasteiger partial charge is 0.337 e. The van der Waals surface area contributed by atoms with Gasteiger partial charge in [-0.25, -0.2) is 9.18 Å². The molecule has 6 heteroatoms. The maximum absolute atomic E-state index is 13.7. The first kappa shape index (κ1) is 14.6. The van der Waals surface area contributed by atoms with Crippen molar-refractivity contribution >= 4 is 11.9 Å². The van der Waals surface area contributed by atoms with Gasteiger partial charge in [0.1, 0.15) is 11.5 Å². The summed E-state index contributed by atoms with van der Waals surface area (Å²) in [5.74, 6) is -1.49. The van der Waals surface area contributed by atoms with Gasteiger partial charge in [-0.1, -0.05) is 6.07 Å². The molecule has 5 nitrogen and oxygen atoms in total. The van der Waals surface area contributed by atoms with E-state index in [2.05, 4.69) is 15.0 Å². The summed E-state index contributed by atoms with van der Waals surface area (Å²) in [5.41, 5.74) is 0.658. The molecular formula is C15H13FN2O3. The van der Waals surface area contributed by atoms with E-state index < -0.39 is 17.7 Å². The predicted octanol–water partition coefficient (Wildman–Crippen LogP) is 1.94. The fourth-order valence-corrected chi connectivity index (χ4v) is 1.72. The van der Waals surface area contributed by atoms with Crippen LogP contribution in [-0.2, 0) is 11.3 Å². The zero-order valence-electron chi connectivity index (χ0n) is 11.3. The van der Waals surface area contributed by atoms with Gasteiger partial charge in [0.2, 0.25) is 0 Å². The normalized spacial score (nSPS) is 10.0. The molecule has 0 atom stereocenters. The number of hydrogen-bond donors (Lipinski definition) is 1. The van der Waals surface area contributed by atoms with Gasteiger partial charge >= 0.3 is 5.97 Å². The first-order valence-electron chi connectivity index (χ1n) is 6.18. The van der Waals surface area contributed by atoms with Crippen LogP contribution in [-0.4, -0.2) is 24.0 Å². The lowest BCUT2D eigenvalue weighted by Crippen LogP contribution is -2.24. The number of nitrogens with one attached hydrogen (secondary N) is 1. The van der Waals surface area contributed by atoms with Crippen LogP contribution in [0.4, 0.5) is 4.39 Å². The fourth-order valence-electron chi connectivity index (χ4n) is 1.72. The lowest BCUT2D eigenvalue weighted by atomic mass is 10.1. The average molecular weight is 288 g/mol. The molecule has 0 unspecified atom stereocenters. The number of halogens is 1. The number of benzene rings is 1. The zero-order chi connectivity index (χ0) is 15.2. The van der Waals surface area contributed by atoms with Gasteiger partial charge in [-0.3, -0.25) is 9.78 Å². The SMILES string of the molecule is COC(=O)c1ccc(F)c(CNC(=O)c2ccccn2)c1. The van der Waals surface area contributed by atoms with Crippen molar-refractivity contribution in [3.8, 4) is 0 Å². The highest BCUT2D eigenvalue weighted by Crippen LogP contribution is 2.11. The van der Waals surface area contributed by atoms with E-state index in [1.807, 2.05) is 0 Å². The Morgan fingerprint density at radius 1 is 1.29 bits per heavy atom. The Morgan fingerprint density at radius 2 is 2.10 bits per heavy atom. The van der Waals surface area contributed by atoms with Crippen LogP contribution in [0.15, 0.2) is 42.6 Å². The van der Waals surface area contributed by atoms with Crippen LogP contribution in [0.3, 0.4) is 0 Å². The van der Waals surface area contributed by atoms with E-state index in [4.69, 9.17) is 0 Å². The molecule has 0 aliphatic rings. The van der Waals surface area contributed by atoms with Gasteiger partial charge in [0.15, 0.2) is 0 Å². The van der Waals surface area contributed by atoms with E-state index in [-0.39, 0.29) is 23.4 Å². The number of amides is 1. The second-order valence-electron chi connectivity index (χ2n) is 4.20. The summed E-state index contributed by atoms with van der Waals surface area (Å²) >= 11 is 0. The predicted molar refractivity (Wildman–Crippen MR) is 73.1 cm³/mol. The molecule has 0 aliphatic carbocycles. The minimum Gasteiger partial charge on any atom is -0.465 e. The summed E-state index contributed by atoms with van der Waals surface area (Å²) in [4.78, 5) is 27.1. The molecular weight excluding hydrogens is 275 g/mol. The van der Waals surface area contributed by atoms with Crippen LogP contribution in [0.25, 0.3) is 0 Å². The number of rotatable bonds is 4. The van der Waals surface area contributed by atoms with Gasteiger partial charge in [-0.15, -0.1) is 0 Å². The quantitative estimate of drug-likeness (QED) is 0.873. The fraction of sp³-hybridized carbons (Fsp3) is 0.133. The molecule has 1 amide bonds. The average Bonchev–Trinajstić information content (AvgIpc) is 2.53. The van der Waals surface area contributed by atoms with Crippen LogP contribution >= 0.6 is 0 Å². The van der Waals surface area contributed by atoms with Crippen molar-refractivity contribution in [2.24, 2.45) is 0 Å². The monoisotopic (exact) mass is 288 g/mol. The van der Waals surface area contributed by atoms with Gasteiger partial charge in [0.05, 0.1) is 12.7 Å². The van der Waals surface area contributed by atoms with Gasteiger partial charge in [0.25, 0.3) is 5.91 Å². The topological polar surface area (TPSA) is 68.3 Å². The molecule has 2 aromatic rings. The molecule has 0 saturated heterocycles. The van der Waals surface area contributed by atoms with Crippen LogP contribution in [0.2, 0.25) is 0 Å². The molecule has 1 heterocycles. The van der Waals surface area contributed by atoms with Gasteiger partial charge in [0, 0.05) is 18.3 Å². The molecule has 0 bridgehead atoms. The number of hydrogen-bond acceptors (Lipinski definition) is 4. The van der Waals surface area contributed by atoms with Crippen molar-refractivity contribution in [2.45, 2.75) is 6.54 Å². The molecule has 1 N–H and O–H groups in total. The summed E-state index contributed by atoms with van der Waals surface area (Å²) < 4.78 is 18.2. The molecule has 1 aromatic carbocycles. The Labute approximate surface area is 120 Å². The Balaban J connectivity index is 2.09. The molecule has 0 fully saturated rings. The Morgan fingerprint density at radius 3 is 2.76 bits per heavy atom. The molecule has 0 aliphatic heterocycles. The Bertz CT molecular complexity index is 659. The van der Waals surface area contributed by atoms with Crippen LogP contribution in [0, 0.1) is 5.82 Å². The number of carbonyl (C=O) groups is 2. The van der Waals surface area contributed by atoms with Crippen LogP contribution in [0.5, 0.6) is 0 Å². The van der Waals surface area contributed by atoms with Crippen molar-refractivity contribution in [1.29, 1.82) is 0 Å². The highest BCUT2D eigenvalue weighted by molar-refractivity contribution is 5.92. The highest BCUT2D eigenvalue weighted by atomic mass is 19.1. The third-order valence-electron chi connectivity index (χ3n) is 2.80. The number of esters is 1. The number of nitrogens with zero attached hydrogens (tertiary/aromatic N) is 1. The summed E-state index contributed by atoms with van der Waals surface area (Å²) in [6.45, 7) is -0.0495. The molecule has 21 heavy (non-hydrogen) atoms.